The predicted octanol–water partition coefficient (Wildman–Crippen LogP) is 1.99. The molecule has 0 unspecified atom stereocenters. The van der Waals surface area contributed by atoms with Crippen molar-refractivity contribution in [2.75, 3.05) is 0 Å². The fourth-order valence-electron chi connectivity index (χ4n) is 1.92. The minimum atomic E-state index is -0.201. The van der Waals surface area contributed by atoms with Crippen molar-refractivity contribution in [2.45, 2.75) is 28.9 Å². The summed E-state index contributed by atoms with van der Waals surface area (Å²) in [5.74, 6) is -0.0640. The predicted molar refractivity (Wildman–Crippen MR) is 77.7 cm³/mol. The zero-order valence-corrected chi connectivity index (χ0v) is 12.0. The van der Waals surface area contributed by atoms with E-state index in [1.807, 2.05) is 0 Å². The number of halogens is 1. The second-order valence-corrected chi connectivity index (χ2v) is 6.01. The lowest BCUT2D eigenvalue weighted by Gasteiger charge is -2.08. The number of amidine groups is 1. The molecule has 1 saturated carbocycles. The summed E-state index contributed by atoms with van der Waals surface area (Å²) in [5.41, 5.74) is 5.91. The number of hydrogen-bond donors (Lipinski definition) is 3. The Morgan fingerprint density at radius 3 is 2.95 bits per heavy atom. The first-order chi connectivity index (χ1) is 9.56. The van der Waals surface area contributed by atoms with Crippen molar-refractivity contribution in [3.8, 4) is 0 Å². The van der Waals surface area contributed by atoms with Gasteiger partial charge in [-0.05, 0) is 42.8 Å². The molecule has 1 aliphatic rings. The molecule has 1 aliphatic carbocycles. The van der Waals surface area contributed by atoms with Crippen LogP contribution >= 0.6 is 23.4 Å². The van der Waals surface area contributed by atoms with E-state index >= 15 is 0 Å². The van der Waals surface area contributed by atoms with E-state index in [9.17, 15) is 4.79 Å². The zero-order chi connectivity index (χ0) is 14.3. The lowest BCUT2D eigenvalue weighted by Crippen LogP contribution is -2.16. The molecule has 104 valence electrons. The summed E-state index contributed by atoms with van der Waals surface area (Å²) < 4.78 is 1.66. The summed E-state index contributed by atoms with van der Waals surface area (Å²) >= 11 is 7.23. The Labute approximate surface area is 123 Å². The third-order valence-corrected chi connectivity index (χ3v) is 4.30. The summed E-state index contributed by atoms with van der Waals surface area (Å²) in [5, 5.41) is 15.2. The minimum Gasteiger partial charge on any atom is -0.384 e. The van der Waals surface area contributed by atoms with Crippen LogP contribution in [0.1, 0.15) is 24.4 Å². The molecular formula is C12H12ClN5OS. The van der Waals surface area contributed by atoms with Crippen LogP contribution in [-0.4, -0.2) is 20.6 Å². The number of nitrogens with two attached hydrogens (primary N) is 1. The van der Waals surface area contributed by atoms with Gasteiger partial charge in [0.05, 0.1) is 0 Å². The highest BCUT2D eigenvalue weighted by Crippen LogP contribution is 2.38. The first-order valence-electron chi connectivity index (χ1n) is 6.05. The Morgan fingerprint density at radius 1 is 1.55 bits per heavy atom. The SMILES string of the molecule is N=C(N)c1cc(Cl)ccc1Sc1n[nH]c(=O)n1C1CC1. The second kappa shape index (κ2) is 4.99. The van der Waals surface area contributed by atoms with Gasteiger partial charge in [0.25, 0.3) is 0 Å². The van der Waals surface area contributed by atoms with E-state index in [0.717, 1.165) is 17.7 Å². The number of hydrogen-bond acceptors (Lipinski definition) is 4. The lowest BCUT2D eigenvalue weighted by molar-refractivity contribution is 0.642. The molecule has 0 radical (unpaired) electrons. The van der Waals surface area contributed by atoms with Crippen LogP contribution in [0.3, 0.4) is 0 Å². The number of H-pyrrole nitrogens is 1. The van der Waals surface area contributed by atoms with Gasteiger partial charge >= 0.3 is 5.69 Å². The van der Waals surface area contributed by atoms with Gasteiger partial charge in [-0.3, -0.25) is 9.98 Å². The summed E-state index contributed by atoms with van der Waals surface area (Å²) in [6, 6.07) is 5.37. The number of benzene rings is 1. The van der Waals surface area contributed by atoms with Gasteiger partial charge in [-0.1, -0.05) is 11.6 Å². The van der Waals surface area contributed by atoms with E-state index in [4.69, 9.17) is 22.7 Å². The van der Waals surface area contributed by atoms with Crippen molar-refractivity contribution >= 4 is 29.2 Å². The van der Waals surface area contributed by atoms with E-state index in [0.29, 0.717) is 15.7 Å². The Balaban J connectivity index is 1.99. The molecule has 0 amide bonds. The maximum atomic E-state index is 11.7. The van der Waals surface area contributed by atoms with E-state index < -0.39 is 0 Å². The standard InChI is InChI=1S/C12H12ClN5OS/c13-6-1-4-9(8(5-6)10(14)15)20-12-17-16-11(19)18(12)7-2-3-7/h1,4-5,7H,2-3H2,(H3,14,15)(H,16,19). The zero-order valence-electron chi connectivity index (χ0n) is 10.4. The van der Waals surface area contributed by atoms with Crippen LogP contribution in [0, 0.1) is 5.41 Å². The normalized spacial score (nSPS) is 14.4. The van der Waals surface area contributed by atoms with Crippen LogP contribution in [0.15, 0.2) is 33.0 Å². The van der Waals surface area contributed by atoms with Crippen LogP contribution in [-0.2, 0) is 0 Å². The van der Waals surface area contributed by atoms with Crippen LogP contribution in [0.25, 0.3) is 0 Å². The van der Waals surface area contributed by atoms with Gasteiger partial charge < -0.3 is 5.73 Å². The summed E-state index contributed by atoms with van der Waals surface area (Å²) in [4.78, 5) is 12.5. The van der Waals surface area contributed by atoms with Crippen molar-refractivity contribution in [3.05, 3.63) is 39.3 Å². The van der Waals surface area contributed by atoms with Crippen molar-refractivity contribution < 1.29 is 0 Å². The summed E-state index contributed by atoms with van der Waals surface area (Å²) in [6.07, 6.45) is 1.99. The van der Waals surface area contributed by atoms with Gasteiger partial charge in [0, 0.05) is 21.5 Å². The number of aromatic nitrogens is 3. The molecule has 6 nitrogen and oxygen atoms in total. The van der Waals surface area contributed by atoms with Gasteiger partial charge in [0.1, 0.15) is 5.84 Å². The highest BCUT2D eigenvalue weighted by Gasteiger charge is 2.29. The van der Waals surface area contributed by atoms with Gasteiger partial charge in [-0.2, -0.15) is 0 Å². The maximum absolute atomic E-state index is 11.7. The molecular weight excluding hydrogens is 298 g/mol. The van der Waals surface area contributed by atoms with E-state index in [2.05, 4.69) is 10.2 Å². The van der Waals surface area contributed by atoms with Crippen LogP contribution in [0.5, 0.6) is 0 Å². The Kier molecular flexibility index (Phi) is 3.31. The number of nitrogens with zero attached hydrogens (tertiary/aromatic N) is 2. The molecule has 0 atom stereocenters. The Bertz CT molecular complexity index is 734. The Morgan fingerprint density at radius 2 is 2.30 bits per heavy atom. The molecule has 2 aromatic rings. The fraction of sp³-hybridized carbons (Fsp3) is 0.250. The first kappa shape index (κ1) is 13.3. The number of nitrogens with one attached hydrogen (secondary N) is 2. The number of aromatic amines is 1. The van der Waals surface area contributed by atoms with Crippen LogP contribution in [0.4, 0.5) is 0 Å². The molecule has 20 heavy (non-hydrogen) atoms. The summed E-state index contributed by atoms with van der Waals surface area (Å²) in [6.45, 7) is 0. The van der Waals surface area contributed by atoms with Gasteiger partial charge in [-0.25, -0.2) is 9.89 Å². The molecule has 3 rings (SSSR count). The largest absolute Gasteiger partial charge is 0.384 e. The van der Waals surface area contributed by atoms with E-state index in [-0.39, 0.29) is 17.6 Å². The van der Waals surface area contributed by atoms with E-state index in [1.54, 1.807) is 22.8 Å². The maximum Gasteiger partial charge on any atom is 0.344 e. The third kappa shape index (κ3) is 2.46. The average Bonchev–Trinajstić information content (AvgIpc) is 3.17. The highest BCUT2D eigenvalue weighted by molar-refractivity contribution is 7.99. The van der Waals surface area contributed by atoms with Crippen molar-refractivity contribution in [3.63, 3.8) is 0 Å². The van der Waals surface area contributed by atoms with Gasteiger partial charge in [0.2, 0.25) is 0 Å². The third-order valence-electron chi connectivity index (χ3n) is 3.02. The summed E-state index contributed by atoms with van der Waals surface area (Å²) in [7, 11) is 0. The number of rotatable bonds is 4. The van der Waals surface area contributed by atoms with E-state index in [1.165, 1.54) is 11.8 Å². The van der Waals surface area contributed by atoms with Gasteiger partial charge in [-0.15, -0.1) is 5.10 Å². The minimum absolute atomic E-state index is 0.0640. The smallest absolute Gasteiger partial charge is 0.344 e. The molecule has 1 heterocycles. The molecule has 1 fully saturated rings. The molecule has 8 heteroatoms. The van der Waals surface area contributed by atoms with Crippen LogP contribution in [0.2, 0.25) is 5.02 Å². The molecule has 0 spiro atoms. The monoisotopic (exact) mass is 309 g/mol. The van der Waals surface area contributed by atoms with Crippen molar-refractivity contribution in [1.29, 1.82) is 5.41 Å². The molecule has 0 aliphatic heterocycles. The average molecular weight is 310 g/mol. The van der Waals surface area contributed by atoms with Crippen molar-refractivity contribution in [2.24, 2.45) is 5.73 Å². The highest BCUT2D eigenvalue weighted by atomic mass is 35.5. The topological polar surface area (TPSA) is 101 Å². The molecule has 0 bridgehead atoms. The molecule has 4 N–H and O–H groups in total. The quantitative estimate of drug-likeness (QED) is 0.594. The molecule has 0 saturated heterocycles. The molecule has 1 aromatic carbocycles. The second-order valence-electron chi connectivity index (χ2n) is 4.57. The lowest BCUT2D eigenvalue weighted by atomic mass is 10.2. The molecule has 1 aromatic heterocycles. The van der Waals surface area contributed by atoms with Crippen molar-refractivity contribution in [1.82, 2.24) is 14.8 Å². The Hall–Kier alpha value is -1.73. The fourth-order valence-corrected chi connectivity index (χ4v) is 3.12. The van der Waals surface area contributed by atoms with Gasteiger partial charge in [0.15, 0.2) is 5.16 Å². The van der Waals surface area contributed by atoms with Crippen LogP contribution < -0.4 is 11.4 Å². The number of nitrogen functional groups attached to an aromatic ring is 1. The first-order valence-corrected chi connectivity index (χ1v) is 7.24.